The molecule has 1 aliphatic heterocycles. The molecular weight excluding hydrogens is 402 g/mol. The Morgan fingerprint density at radius 3 is 2.67 bits per heavy atom. The van der Waals surface area contributed by atoms with Crippen LogP contribution in [0.2, 0.25) is 0 Å². The van der Waals surface area contributed by atoms with E-state index >= 15 is 0 Å². The van der Waals surface area contributed by atoms with Gasteiger partial charge in [-0.2, -0.15) is 0 Å². The van der Waals surface area contributed by atoms with Crippen molar-refractivity contribution in [2.75, 3.05) is 6.54 Å². The molecule has 7 heteroatoms. The minimum atomic E-state index is -1.11. The van der Waals surface area contributed by atoms with Gasteiger partial charge >= 0.3 is 5.97 Å². The van der Waals surface area contributed by atoms with Crippen molar-refractivity contribution in [2.45, 2.75) is 32.9 Å². The highest BCUT2D eigenvalue weighted by molar-refractivity contribution is 5.88. The predicted octanol–water partition coefficient (Wildman–Crippen LogP) is 3.72. The number of aryl methyl sites for hydroxylation is 1. The average Bonchev–Trinajstić information content (AvgIpc) is 2.73. The van der Waals surface area contributed by atoms with Crippen molar-refractivity contribution in [2.24, 2.45) is 0 Å². The number of benzene rings is 2. The fraction of sp³-hybridized carbons (Fsp3) is 0.261. The monoisotopic (exact) mass is 425 g/mol. The van der Waals surface area contributed by atoms with Crippen molar-refractivity contribution < 1.29 is 14.6 Å². The van der Waals surface area contributed by atoms with Gasteiger partial charge < -0.3 is 15.2 Å². The average molecular weight is 426 g/mol. The van der Waals surface area contributed by atoms with E-state index in [-0.39, 0.29) is 30.5 Å². The number of ether oxygens (including phenoxy) is 1. The summed E-state index contributed by atoms with van der Waals surface area (Å²) < 4.78 is 5.78. The topological polar surface area (TPSA) is 84.3 Å². The summed E-state index contributed by atoms with van der Waals surface area (Å²) in [7, 11) is 0. The van der Waals surface area contributed by atoms with E-state index < -0.39 is 5.97 Å². The first kappa shape index (κ1) is 21.7. The molecule has 0 amide bonds. The Bertz CT molecular complexity index is 1040. The van der Waals surface area contributed by atoms with E-state index in [1.807, 2.05) is 30.3 Å². The standard InChI is InChI=1S/C23H23N3O3.ClH/c1-15-22(29-14-16-5-3-2-4-6-16)21(23(27)28)26-20(25-15)12-17-7-8-19-13-24-10-9-18(19)11-17;/h2-8,11,24H,9-10,12-14H2,1H3,(H,27,28);1H. The van der Waals surface area contributed by atoms with Crippen molar-refractivity contribution in [1.29, 1.82) is 0 Å². The Labute approximate surface area is 181 Å². The number of carboxylic acid groups (broad SMARTS) is 1. The number of nitrogens with zero attached hydrogens (tertiary/aromatic N) is 2. The SMILES string of the molecule is Cc1nc(Cc2ccc3c(c2)CCNC3)nc(C(=O)O)c1OCc1ccccc1.Cl. The van der Waals surface area contributed by atoms with Crippen LogP contribution >= 0.6 is 12.4 Å². The number of carboxylic acids is 1. The number of hydrogen-bond donors (Lipinski definition) is 2. The number of hydrogen-bond acceptors (Lipinski definition) is 5. The van der Waals surface area contributed by atoms with Gasteiger partial charge in [0.15, 0.2) is 11.4 Å². The molecule has 4 rings (SSSR count). The number of aromatic carboxylic acids is 1. The molecule has 6 nitrogen and oxygen atoms in total. The second kappa shape index (κ2) is 9.69. The Morgan fingerprint density at radius 2 is 1.90 bits per heavy atom. The molecule has 0 radical (unpaired) electrons. The molecule has 0 unspecified atom stereocenters. The zero-order chi connectivity index (χ0) is 20.2. The highest BCUT2D eigenvalue weighted by Gasteiger charge is 2.20. The minimum absolute atomic E-state index is 0. The number of aromatic nitrogens is 2. The van der Waals surface area contributed by atoms with Gasteiger partial charge in [-0.15, -0.1) is 12.4 Å². The molecule has 3 aromatic rings. The molecule has 0 saturated carbocycles. The number of fused-ring (bicyclic) bond motifs is 1. The number of rotatable bonds is 6. The first-order valence-corrected chi connectivity index (χ1v) is 9.69. The lowest BCUT2D eigenvalue weighted by molar-refractivity contribution is 0.0683. The summed E-state index contributed by atoms with van der Waals surface area (Å²) in [6.45, 7) is 3.89. The smallest absolute Gasteiger partial charge is 0.358 e. The Morgan fingerprint density at radius 1 is 1.10 bits per heavy atom. The summed E-state index contributed by atoms with van der Waals surface area (Å²) in [5, 5.41) is 13.0. The van der Waals surface area contributed by atoms with E-state index in [1.165, 1.54) is 11.1 Å². The molecule has 0 atom stereocenters. The molecule has 0 fully saturated rings. The summed E-state index contributed by atoms with van der Waals surface area (Å²) in [4.78, 5) is 20.6. The van der Waals surface area contributed by atoms with Gasteiger partial charge in [0.25, 0.3) is 0 Å². The Kier molecular flexibility index (Phi) is 7.03. The molecule has 2 N–H and O–H groups in total. The van der Waals surface area contributed by atoms with E-state index in [4.69, 9.17) is 4.74 Å². The molecule has 2 aromatic carbocycles. The molecule has 0 aliphatic carbocycles. The van der Waals surface area contributed by atoms with Crippen LogP contribution in [0.15, 0.2) is 48.5 Å². The van der Waals surface area contributed by atoms with Crippen LogP contribution in [0.1, 0.15) is 44.3 Å². The largest absolute Gasteiger partial charge is 0.484 e. The van der Waals surface area contributed by atoms with E-state index in [9.17, 15) is 9.90 Å². The van der Waals surface area contributed by atoms with Gasteiger partial charge in [0, 0.05) is 13.0 Å². The van der Waals surface area contributed by atoms with E-state index in [2.05, 4.69) is 33.5 Å². The first-order chi connectivity index (χ1) is 14.1. The van der Waals surface area contributed by atoms with Gasteiger partial charge in [0.05, 0.1) is 5.69 Å². The maximum absolute atomic E-state index is 11.8. The van der Waals surface area contributed by atoms with Gasteiger partial charge in [-0.3, -0.25) is 0 Å². The minimum Gasteiger partial charge on any atom is -0.484 e. The fourth-order valence-corrected chi connectivity index (χ4v) is 3.57. The molecule has 2 heterocycles. The summed E-state index contributed by atoms with van der Waals surface area (Å²) in [5.41, 5.74) is 5.12. The van der Waals surface area contributed by atoms with Crippen molar-refractivity contribution in [1.82, 2.24) is 15.3 Å². The second-order valence-corrected chi connectivity index (χ2v) is 7.19. The van der Waals surface area contributed by atoms with Gasteiger partial charge in [-0.25, -0.2) is 14.8 Å². The lowest BCUT2D eigenvalue weighted by atomic mass is 9.97. The van der Waals surface area contributed by atoms with Crippen LogP contribution in [0.4, 0.5) is 0 Å². The maximum Gasteiger partial charge on any atom is 0.358 e. The van der Waals surface area contributed by atoms with Crippen LogP contribution < -0.4 is 10.1 Å². The Balaban J connectivity index is 0.00000256. The second-order valence-electron chi connectivity index (χ2n) is 7.19. The zero-order valence-electron chi connectivity index (χ0n) is 16.7. The van der Waals surface area contributed by atoms with E-state index in [0.29, 0.717) is 17.9 Å². The van der Waals surface area contributed by atoms with Crippen LogP contribution in [0.25, 0.3) is 0 Å². The zero-order valence-corrected chi connectivity index (χ0v) is 17.5. The first-order valence-electron chi connectivity index (χ1n) is 9.69. The van der Waals surface area contributed by atoms with E-state index in [0.717, 1.165) is 30.6 Å². The summed E-state index contributed by atoms with van der Waals surface area (Å²) in [6, 6.07) is 16.0. The Hall–Kier alpha value is -2.96. The van der Waals surface area contributed by atoms with Gasteiger partial charge in [0.2, 0.25) is 0 Å². The van der Waals surface area contributed by atoms with Crippen molar-refractivity contribution in [3.8, 4) is 5.75 Å². The van der Waals surface area contributed by atoms with Crippen LogP contribution in [-0.2, 0) is 26.0 Å². The molecule has 0 spiro atoms. The van der Waals surface area contributed by atoms with Gasteiger partial charge in [0.1, 0.15) is 12.4 Å². The van der Waals surface area contributed by atoms with Crippen LogP contribution in [-0.4, -0.2) is 27.6 Å². The van der Waals surface area contributed by atoms with Crippen molar-refractivity contribution >= 4 is 18.4 Å². The molecule has 0 saturated heterocycles. The highest BCUT2D eigenvalue weighted by atomic mass is 35.5. The van der Waals surface area contributed by atoms with Crippen LogP contribution in [0.5, 0.6) is 5.75 Å². The summed E-state index contributed by atoms with van der Waals surface area (Å²) in [5.74, 6) is -0.404. The quantitative estimate of drug-likeness (QED) is 0.626. The van der Waals surface area contributed by atoms with Crippen molar-refractivity contribution in [3.05, 3.63) is 88.0 Å². The third-order valence-corrected chi connectivity index (χ3v) is 5.03. The fourth-order valence-electron chi connectivity index (χ4n) is 3.57. The third-order valence-electron chi connectivity index (χ3n) is 5.03. The normalized spacial score (nSPS) is 12.6. The maximum atomic E-state index is 11.8. The van der Waals surface area contributed by atoms with Crippen molar-refractivity contribution in [3.63, 3.8) is 0 Å². The highest BCUT2D eigenvalue weighted by Crippen LogP contribution is 2.24. The summed E-state index contributed by atoms with van der Waals surface area (Å²) >= 11 is 0. The van der Waals surface area contributed by atoms with Gasteiger partial charge in [-0.05, 0) is 42.1 Å². The number of carbonyl (C=O) groups is 1. The molecular formula is C23H24ClN3O3. The van der Waals surface area contributed by atoms with E-state index in [1.54, 1.807) is 6.92 Å². The van der Waals surface area contributed by atoms with Crippen LogP contribution in [0, 0.1) is 6.92 Å². The number of nitrogens with one attached hydrogen (secondary N) is 1. The molecule has 30 heavy (non-hydrogen) atoms. The van der Waals surface area contributed by atoms with Crippen LogP contribution in [0.3, 0.4) is 0 Å². The third kappa shape index (κ3) is 4.96. The van der Waals surface area contributed by atoms with Gasteiger partial charge in [-0.1, -0.05) is 48.5 Å². The molecule has 0 bridgehead atoms. The number of halogens is 1. The molecule has 156 valence electrons. The predicted molar refractivity (Wildman–Crippen MR) is 116 cm³/mol. The molecule has 1 aromatic heterocycles. The molecule has 1 aliphatic rings. The lowest BCUT2D eigenvalue weighted by Gasteiger charge is -2.18. The lowest BCUT2D eigenvalue weighted by Crippen LogP contribution is -2.23. The summed E-state index contributed by atoms with van der Waals surface area (Å²) in [6.07, 6.45) is 1.48.